The second-order valence-electron chi connectivity index (χ2n) is 2.16. The Balaban J connectivity index is 2.96. The minimum atomic E-state index is -2.77. The van der Waals surface area contributed by atoms with Gasteiger partial charge in [-0.1, -0.05) is 15.9 Å². The molecule has 0 aliphatic carbocycles. The molecule has 2 nitrogen and oxygen atoms in total. The molecule has 0 N–H and O–H groups in total. The highest BCUT2D eigenvalue weighted by Gasteiger charge is 1.98. The second-order valence-corrected chi connectivity index (χ2v) is 2.95. The molecule has 0 saturated heterocycles. The van der Waals surface area contributed by atoms with Crippen molar-refractivity contribution in [2.24, 2.45) is 0 Å². The molecular formula is C10H9BrN2. The van der Waals surface area contributed by atoms with Crippen LogP contribution in [0.15, 0.2) is 41.0 Å². The Morgan fingerprint density at radius 3 is 2.92 bits per heavy atom. The summed E-state index contributed by atoms with van der Waals surface area (Å²) < 4.78 is 69.5. The summed E-state index contributed by atoms with van der Waals surface area (Å²) in [5.74, 6) is -0.648. The number of aromatic nitrogens is 2. The van der Waals surface area contributed by atoms with Crippen LogP contribution in [0.1, 0.15) is 18.2 Å². The molecule has 0 bridgehead atoms. The number of hydrogen-bond donors (Lipinski definition) is 0. The molecule has 1 aromatic carbocycles. The lowest BCUT2D eigenvalue weighted by molar-refractivity contribution is 0.974. The van der Waals surface area contributed by atoms with E-state index in [0.29, 0.717) is 4.57 Å². The largest absolute Gasteiger partial charge is 0.304 e. The smallest absolute Gasteiger partial charge is 0.110 e. The van der Waals surface area contributed by atoms with Gasteiger partial charge in [0, 0.05) is 26.6 Å². The van der Waals surface area contributed by atoms with Crippen LogP contribution in [-0.4, -0.2) is 9.55 Å². The summed E-state index contributed by atoms with van der Waals surface area (Å²) in [4.78, 5) is 3.50. The Morgan fingerprint density at radius 1 is 1.46 bits per heavy atom. The van der Waals surface area contributed by atoms with E-state index < -0.39 is 54.9 Å². The number of halogens is 1. The van der Waals surface area contributed by atoms with Gasteiger partial charge in [-0.05, 0) is 31.0 Å². The monoisotopic (exact) mass is 245 g/mol. The number of nitrogens with zero attached hydrogens (tertiary/aromatic N) is 2. The van der Waals surface area contributed by atoms with E-state index in [1.54, 1.807) is 0 Å². The zero-order valence-corrected chi connectivity index (χ0v) is 7.86. The van der Waals surface area contributed by atoms with Gasteiger partial charge in [-0.3, -0.25) is 0 Å². The molecule has 3 heteroatoms. The van der Waals surface area contributed by atoms with Crippen molar-refractivity contribution in [1.29, 1.82) is 0 Å². The molecule has 0 atom stereocenters. The average Bonchev–Trinajstić information content (AvgIpc) is 2.72. The van der Waals surface area contributed by atoms with Crippen LogP contribution in [0.25, 0.3) is 5.69 Å². The van der Waals surface area contributed by atoms with Crippen molar-refractivity contribution in [1.82, 2.24) is 9.55 Å². The molecule has 0 unspecified atom stereocenters. The summed E-state index contributed by atoms with van der Waals surface area (Å²) in [6, 6.07) is -1.87. The Bertz CT molecular complexity index is 736. The van der Waals surface area contributed by atoms with E-state index >= 15 is 0 Å². The molecule has 0 saturated carbocycles. The third kappa shape index (κ3) is 1.65. The normalized spacial score (nSPS) is 21.2. The quantitative estimate of drug-likeness (QED) is 0.756. The van der Waals surface area contributed by atoms with Crippen molar-refractivity contribution < 1.29 is 12.3 Å². The highest BCUT2D eigenvalue weighted by molar-refractivity contribution is 9.10. The first-order chi connectivity index (χ1) is 9.98. The van der Waals surface area contributed by atoms with Crippen molar-refractivity contribution >= 4 is 15.9 Å². The van der Waals surface area contributed by atoms with Crippen LogP contribution < -0.4 is 0 Å². The van der Waals surface area contributed by atoms with E-state index in [1.807, 2.05) is 0 Å². The van der Waals surface area contributed by atoms with Crippen LogP contribution in [-0.2, 0) is 0 Å². The Hall–Kier alpha value is -1.09. The lowest BCUT2D eigenvalue weighted by Gasteiger charge is -2.03. The summed E-state index contributed by atoms with van der Waals surface area (Å²) in [5, 5.41) is 0. The average molecular weight is 246 g/mol. The van der Waals surface area contributed by atoms with E-state index in [4.69, 9.17) is 12.3 Å². The Kier molecular flexibility index (Phi) is 0.759. The maximum atomic E-state index is 7.92. The van der Waals surface area contributed by atoms with Gasteiger partial charge in [0.2, 0.25) is 0 Å². The van der Waals surface area contributed by atoms with Gasteiger partial charge in [-0.25, -0.2) is 4.98 Å². The Labute approximate surface area is 98.0 Å². The first-order valence-electron chi connectivity index (χ1n) is 7.81. The van der Waals surface area contributed by atoms with Gasteiger partial charge in [-0.2, -0.15) is 0 Å². The van der Waals surface area contributed by atoms with Crippen molar-refractivity contribution in [3.63, 3.8) is 0 Å². The molecule has 2 aromatic rings. The highest BCUT2D eigenvalue weighted by Crippen LogP contribution is 2.14. The summed E-state index contributed by atoms with van der Waals surface area (Å²) in [5.41, 5.74) is -0.416. The standard InChI is InChI=1S/C10H9BrN2/c1-8-12-6-7-13(8)10-4-2-9(11)3-5-10/h2-7H,1H3/i1D3,2D,3D,4D,5D,6D,7D. The van der Waals surface area contributed by atoms with E-state index in [9.17, 15) is 0 Å². The number of benzene rings is 1. The van der Waals surface area contributed by atoms with Gasteiger partial charge >= 0.3 is 0 Å². The minimum absolute atomic E-state index is 0.0700. The SMILES string of the molecule is [2H]c1nc(C([2H])([2H])[2H])n(-c2c([2H])c([2H])c(Br)c([2H])c2[2H])c1[2H]. The van der Waals surface area contributed by atoms with E-state index in [-0.39, 0.29) is 4.47 Å². The third-order valence-electron chi connectivity index (χ3n) is 1.34. The molecule has 0 fully saturated rings. The zero-order chi connectivity index (χ0) is 17.0. The van der Waals surface area contributed by atoms with Crippen LogP contribution in [0.5, 0.6) is 0 Å². The van der Waals surface area contributed by atoms with Gasteiger partial charge in [0.25, 0.3) is 0 Å². The summed E-state index contributed by atoms with van der Waals surface area (Å²) in [6.45, 7) is -2.77. The minimum Gasteiger partial charge on any atom is -0.304 e. The fourth-order valence-electron chi connectivity index (χ4n) is 0.795. The Morgan fingerprint density at radius 2 is 2.23 bits per heavy atom. The first kappa shape index (κ1) is 2.95. The van der Waals surface area contributed by atoms with Crippen LogP contribution in [0.3, 0.4) is 0 Å². The topological polar surface area (TPSA) is 17.8 Å². The van der Waals surface area contributed by atoms with Crippen LogP contribution >= 0.6 is 15.9 Å². The van der Waals surface area contributed by atoms with Gasteiger partial charge in [0.05, 0.1) is 8.22 Å². The molecule has 2 rings (SSSR count). The van der Waals surface area contributed by atoms with Crippen molar-refractivity contribution in [2.45, 2.75) is 6.85 Å². The van der Waals surface area contributed by atoms with Crippen LogP contribution in [0, 0.1) is 6.85 Å². The number of imidazole rings is 1. The van der Waals surface area contributed by atoms with E-state index in [2.05, 4.69) is 20.9 Å². The van der Waals surface area contributed by atoms with Crippen LogP contribution in [0.2, 0.25) is 0 Å². The van der Waals surface area contributed by atoms with E-state index in [0.717, 1.165) is 0 Å². The summed E-state index contributed by atoms with van der Waals surface area (Å²) in [7, 11) is 0. The second kappa shape index (κ2) is 3.34. The lowest BCUT2D eigenvalue weighted by atomic mass is 10.3. The molecule has 0 radical (unpaired) electrons. The highest BCUT2D eigenvalue weighted by atomic mass is 79.9. The molecule has 13 heavy (non-hydrogen) atoms. The lowest BCUT2D eigenvalue weighted by Crippen LogP contribution is -1.94. The molecule has 1 heterocycles. The third-order valence-corrected chi connectivity index (χ3v) is 1.74. The van der Waals surface area contributed by atoms with Gasteiger partial charge in [0.15, 0.2) is 0 Å². The molecule has 1 aromatic heterocycles. The molecule has 0 amide bonds. The fraction of sp³-hybridized carbons (Fsp3) is 0.100. The molecular weight excluding hydrogens is 228 g/mol. The van der Waals surface area contributed by atoms with Gasteiger partial charge in [-0.15, -0.1) is 0 Å². The number of aryl methyl sites for hydroxylation is 1. The molecule has 66 valence electrons. The van der Waals surface area contributed by atoms with Crippen molar-refractivity contribution in [3.05, 3.63) is 46.8 Å². The van der Waals surface area contributed by atoms with Crippen LogP contribution in [0.4, 0.5) is 0 Å². The maximum absolute atomic E-state index is 7.92. The van der Waals surface area contributed by atoms with Gasteiger partial charge in [0.1, 0.15) is 5.82 Å². The predicted octanol–water partition coefficient (Wildman–Crippen LogP) is 2.94. The molecule has 0 spiro atoms. The fourth-order valence-corrected chi connectivity index (χ4v) is 0.993. The summed E-state index contributed by atoms with van der Waals surface area (Å²) >= 11 is 2.93. The molecule has 0 aliphatic heterocycles. The predicted molar refractivity (Wildman–Crippen MR) is 56.0 cm³/mol. The molecule has 0 aliphatic rings. The maximum Gasteiger partial charge on any atom is 0.110 e. The van der Waals surface area contributed by atoms with Gasteiger partial charge < -0.3 is 4.57 Å². The number of rotatable bonds is 1. The first-order valence-corrected chi connectivity index (χ1v) is 4.10. The number of hydrogen-bond acceptors (Lipinski definition) is 1. The van der Waals surface area contributed by atoms with Crippen molar-refractivity contribution in [2.75, 3.05) is 0 Å². The van der Waals surface area contributed by atoms with E-state index in [1.165, 1.54) is 0 Å². The zero-order valence-electron chi connectivity index (χ0n) is 15.3. The summed E-state index contributed by atoms with van der Waals surface area (Å²) in [6.07, 6.45) is -1.24. The van der Waals surface area contributed by atoms with Crippen molar-refractivity contribution in [3.8, 4) is 5.69 Å².